The molecule has 3 rings (SSSR count). The first-order valence-corrected chi connectivity index (χ1v) is 10.6. The molecule has 0 aliphatic heterocycles. The van der Waals surface area contributed by atoms with Crippen LogP contribution in [0.1, 0.15) is 11.4 Å². The molecule has 0 fully saturated rings. The van der Waals surface area contributed by atoms with Crippen molar-refractivity contribution in [3.05, 3.63) is 77.7 Å². The number of ether oxygens (including phenoxy) is 2. The molecule has 34 heavy (non-hydrogen) atoms. The van der Waals surface area contributed by atoms with Gasteiger partial charge >= 0.3 is 11.2 Å². The van der Waals surface area contributed by atoms with Crippen molar-refractivity contribution < 1.29 is 24.3 Å². The molecule has 0 spiro atoms. The normalized spacial score (nSPS) is 10.8. The van der Waals surface area contributed by atoms with Crippen LogP contribution in [-0.4, -0.2) is 39.6 Å². The minimum atomic E-state index is -1.08. The van der Waals surface area contributed by atoms with E-state index in [1.807, 2.05) is 0 Å². The summed E-state index contributed by atoms with van der Waals surface area (Å²) in [5.41, 5.74) is -1.01. The van der Waals surface area contributed by atoms with Crippen molar-refractivity contribution in [2.75, 3.05) is 19.0 Å². The number of hydrogen-bond acceptors (Lipinski definition) is 8. The van der Waals surface area contributed by atoms with Crippen LogP contribution in [0.3, 0.4) is 0 Å². The van der Waals surface area contributed by atoms with E-state index in [2.05, 4.69) is 31.2 Å². The number of methoxy groups -OCH3 is 1. The van der Waals surface area contributed by atoms with Crippen LogP contribution < -0.4 is 20.3 Å². The fourth-order valence-corrected chi connectivity index (χ4v) is 3.14. The van der Waals surface area contributed by atoms with Crippen molar-refractivity contribution in [3.8, 4) is 17.4 Å². The van der Waals surface area contributed by atoms with Crippen molar-refractivity contribution in [3.63, 3.8) is 0 Å². The number of hydrogen-bond donors (Lipinski definition) is 3. The zero-order valence-corrected chi connectivity index (χ0v) is 19.7. The summed E-state index contributed by atoms with van der Waals surface area (Å²) in [6.07, 6.45) is 2.87. The third kappa shape index (κ3) is 6.11. The molecule has 1 aromatic heterocycles. The van der Waals surface area contributed by atoms with E-state index in [0.29, 0.717) is 32.2 Å². The summed E-state index contributed by atoms with van der Waals surface area (Å²) < 4.78 is 11.5. The Bertz CT molecular complexity index is 1340. The van der Waals surface area contributed by atoms with Gasteiger partial charge in [-0.15, -0.1) is 0 Å². The SMILES string of the molecule is COc1cc(/C=C\c2nc(O)c([N+](=O)[O-])c(=O)[nH]2)ccc1OCC(=O)Nc1ccc(Br)c(Cl)c1. The van der Waals surface area contributed by atoms with Gasteiger partial charge in [0.1, 0.15) is 5.82 Å². The molecule has 0 saturated carbocycles. The number of H-pyrrole nitrogens is 1. The van der Waals surface area contributed by atoms with E-state index in [-0.39, 0.29) is 12.4 Å². The molecule has 0 atom stereocenters. The highest BCUT2D eigenvalue weighted by atomic mass is 79.9. The Labute approximate surface area is 205 Å². The molecule has 0 unspecified atom stereocenters. The molecule has 3 aromatic rings. The van der Waals surface area contributed by atoms with Crippen LogP contribution in [0.25, 0.3) is 12.2 Å². The smallest absolute Gasteiger partial charge is 0.395 e. The van der Waals surface area contributed by atoms with Crippen LogP contribution in [0, 0.1) is 10.1 Å². The van der Waals surface area contributed by atoms with Gasteiger partial charge in [-0.1, -0.05) is 23.7 Å². The summed E-state index contributed by atoms with van der Waals surface area (Å²) >= 11 is 9.29. The molecule has 0 aliphatic carbocycles. The number of aromatic amines is 1. The molecule has 1 amide bonds. The van der Waals surface area contributed by atoms with Crippen LogP contribution in [0.5, 0.6) is 17.4 Å². The molecule has 0 radical (unpaired) electrons. The standard InChI is InChI=1S/C21H16BrClN4O7/c1-33-16-8-11(3-7-17-25-20(29)19(27(31)32)21(30)26-17)2-6-15(16)34-10-18(28)24-12-4-5-13(22)14(23)9-12/h2-9H,10H2,1H3,(H,24,28)(H2,25,26,29,30)/b7-3-. The number of carbonyl (C=O) groups is 1. The molecule has 1 heterocycles. The number of aromatic hydroxyl groups is 1. The zero-order valence-electron chi connectivity index (χ0n) is 17.4. The number of benzene rings is 2. The Morgan fingerprint density at radius 1 is 1.29 bits per heavy atom. The Morgan fingerprint density at radius 2 is 2.06 bits per heavy atom. The average molecular weight is 552 g/mol. The van der Waals surface area contributed by atoms with E-state index in [1.165, 1.54) is 19.3 Å². The monoisotopic (exact) mass is 550 g/mol. The van der Waals surface area contributed by atoms with Crippen molar-refractivity contribution >= 4 is 57.0 Å². The van der Waals surface area contributed by atoms with Gasteiger partial charge in [0.05, 0.1) is 17.1 Å². The maximum absolute atomic E-state index is 12.2. The Morgan fingerprint density at radius 3 is 2.71 bits per heavy atom. The van der Waals surface area contributed by atoms with E-state index in [9.17, 15) is 24.8 Å². The lowest BCUT2D eigenvalue weighted by Gasteiger charge is -2.12. The number of halogens is 2. The molecule has 2 aromatic carbocycles. The second-order valence-corrected chi connectivity index (χ2v) is 7.85. The predicted molar refractivity (Wildman–Crippen MR) is 128 cm³/mol. The van der Waals surface area contributed by atoms with Crippen molar-refractivity contribution in [1.29, 1.82) is 0 Å². The zero-order chi connectivity index (χ0) is 24.8. The first kappa shape index (κ1) is 24.7. The number of carbonyl (C=O) groups excluding carboxylic acids is 1. The fraction of sp³-hybridized carbons (Fsp3) is 0.0952. The highest BCUT2D eigenvalue weighted by Crippen LogP contribution is 2.29. The van der Waals surface area contributed by atoms with Crippen LogP contribution in [0.2, 0.25) is 5.02 Å². The number of rotatable bonds is 8. The second kappa shape index (κ2) is 10.8. The topological polar surface area (TPSA) is 157 Å². The minimum absolute atomic E-state index is 0.0860. The maximum Gasteiger partial charge on any atom is 0.395 e. The molecular formula is C21H16BrClN4O7. The predicted octanol–water partition coefficient (Wildman–Crippen LogP) is 4.00. The Balaban J connectivity index is 1.68. The lowest BCUT2D eigenvalue weighted by Crippen LogP contribution is -2.20. The summed E-state index contributed by atoms with van der Waals surface area (Å²) in [4.78, 5) is 39.4. The average Bonchev–Trinajstić information content (AvgIpc) is 2.78. The number of nitrogens with zero attached hydrogens (tertiary/aromatic N) is 2. The van der Waals surface area contributed by atoms with Gasteiger partial charge in [0.2, 0.25) is 0 Å². The third-order valence-corrected chi connectivity index (χ3v) is 5.49. The Kier molecular flexibility index (Phi) is 7.87. The van der Waals surface area contributed by atoms with E-state index in [0.717, 1.165) is 0 Å². The molecule has 176 valence electrons. The van der Waals surface area contributed by atoms with E-state index < -0.39 is 28.0 Å². The maximum atomic E-state index is 12.2. The van der Waals surface area contributed by atoms with E-state index in [4.69, 9.17) is 21.1 Å². The molecule has 13 heteroatoms. The molecule has 0 bridgehead atoms. The molecule has 0 aliphatic rings. The van der Waals surface area contributed by atoms with Crippen molar-refractivity contribution in [2.24, 2.45) is 0 Å². The molecule has 11 nitrogen and oxygen atoms in total. The van der Waals surface area contributed by atoms with Gasteiger partial charge in [-0.2, -0.15) is 4.98 Å². The summed E-state index contributed by atoms with van der Waals surface area (Å²) in [7, 11) is 1.42. The number of amides is 1. The summed E-state index contributed by atoms with van der Waals surface area (Å²) in [5.74, 6) is -0.842. The van der Waals surface area contributed by atoms with Gasteiger partial charge in [0.25, 0.3) is 11.8 Å². The highest BCUT2D eigenvalue weighted by Gasteiger charge is 2.21. The quantitative estimate of drug-likeness (QED) is 0.280. The Hall–Kier alpha value is -3.90. The van der Waals surface area contributed by atoms with Gasteiger partial charge in [-0.25, -0.2) is 0 Å². The van der Waals surface area contributed by atoms with Crippen LogP contribution in [0.4, 0.5) is 11.4 Å². The van der Waals surface area contributed by atoms with Crippen molar-refractivity contribution in [1.82, 2.24) is 9.97 Å². The minimum Gasteiger partial charge on any atom is -0.493 e. The van der Waals surface area contributed by atoms with E-state index >= 15 is 0 Å². The van der Waals surface area contributed by atoms with Crippen LogP contribution >= 0.6 is 27.5 Å². The number of nitro groups is 1. The van der Waals surface area contributed by atoms with E-state index in [1.54, 1.807) is 36.4 Å². The van der Waals surface area contributed by atoms with Crippen LogP contribution in [-0.2, 0) is 4.79 Å². The van der Waals surface area contributed by atoms with Gasteiger partial charge in [-0.05, 0) is 57.9 Å². The summed E-state index contributed by atoms with van der Waals surface area (Å²) in [6.45, 7) is -0.285. The molecule has 3 N–H and O–H groups in total. The van der Waals surface area contributed by atoms with Gasteiger partial charge < -0.3 is 24.9 Å². The third-order valence-electron chi connectivity index (χ3n) is 4.26. The highest BCUT2D eigenvalue weighted by molar-refractivity contribution is 9.10. The largest absolute Gasteiger partial charge is 0.493 e. The number of nitrogens with one attached hydrogen (secondary N) is 2. The second-order valence-electron chi connectivity index (χ2n) is 6.59. The lowest BCUT2D eigenvalue weighted by atomic mass is 10.2. The summed E-state index contributed by atoms with van der Waals surface area (Å²) in [6, 6.07) is 9.80. The van der Waals surface area contributed by atoms with Crippen molar-refractivity contribution in [2.45, 2.75) is 0 Å². The molecular weight excluding hydrogens is 536 g/mol. The number of aromatic nitrogens is 2. The van der Waals surface area contributed by atoms with Gasteiger partial charge in [0.15, 0.2) is 18.1 Å². The number of anilines is 1. The van der Waals surface area contributed by atoms with Gasteiger partial charge in [0, 0.05) is 10.2 Å². The lowest BCUT2D eigenvalue weighted by molar-refractivity contribution is -0.387. The fourth-order valence-electron chi connectivity index (χ4n) is 2.71. The molecule has 0 saturated heterocycles. The first-order chi connectivity index (χ1) is 16.2. The van der Waals surface area contributed by atoms with Crippen LogP contribution in [0.15, 0.2) is 45.7 Å². The first-order valence-electron chi connectivity index (χ1n) is 9.39. The summed E-state index contributed by atoms with van der Waals surface area (Å²) in [5, 5.41) is 23.5. The van der Waals surface area contributed by atoms with Gasteiger partial charge in [-0.3, -0.25) is 19.7 Å².